The quantitative estimate of drug-likeness (QED) is 0.318. The number of hydrogen-bond donors (Lipinski definition) is 1. The number of aromatic amines is 1. The van der Waals surface area contributed by atoms with Crippen LogP contribution in [0.15, 0.2) is 53.8 Å². The Morgan fingerprint density at radius 2 is 1.92 bits per heavy atom. The number of halogens is 2. The molecule has 0 saturated heterocycles. The van der Waals surface area contributed by atoms with Crippen LogP contribution in [0.1, 0.15) is 37.9 Å². The van der Waals surface area contributed by atoms with Gasteiger partial charge in [-0.2, -0.15) is 5.10 Å². The van der Waals surface area contributed by atoms with Crippen LogP contribution in [0.25, 0.3) is 11.0 Å². The van der Waals surface area contributed by atoms with Crippen molar-refractivity contribution >= 4 is 34.3 Å². The Balaban J connectivity index is 1.16. The number of rotatable bonds is 6. The maximum atomic E-state index is 13.4. The van der Waals surface area contributed by atoms with Crippen molar-refractivity contribution in [3.8, 4) is 11.5 Å². The third-order valence-corrected chi connectivity index (χ3v) is 7.07. The number of aryl methyl sites for hydroxylation is 2. The lowest BCUT2D eigenvalue weighted by Gasteiger charge is -2.28. The summed E-state index contributed by atoms with van der Waals surface area (Å²) in [6, 6.07) is 11.7. The van der Waals surface area contributed by atoms with Crippen LogP contribution < -0.4 is 9.64 Å². The molecule has 0 unspecified atom stereocenters. The summed E-state index contributed by atoms with van der Waals surface area (Å²) in [5.74, 6) is 0.166. The van der Waals surface area contributed by atoms with Crippen LogP contribution in [0.3, 0.4) is 0 Å². The number of imidazole rings is 1. The van der Waals surface area contributed by atoms with Gasteiger partial charge >= 0.3 is 0 Å². The molecule has 1 saturated carbocycles. The lowest BCUT2D eigenvalue weighted by atomic mass is 9.85. The Hall–Kier alpha value is -3.75. The first-order valence-corrected chi connectivity index (χ1v) is 12.4. The number of aliphatic imine (C=N–C) groups is 1. The van der Waals surface area contributed by atoms with Crippen molar-refractivity contribution in [3.05, 3.63) is 54.6 Å². The maximum absolute atomic E-state index is 13.4. The summed E-state index contributed by atoms with van der Waals surface area (Å²) >= 11 is 0. The van der Waals surface area contributed by atoms with Crippen molar-refractivity contribution in [2.45, 2.75) is 51.5 Å². The third kappa shape index (κ3) is 4.69. The number of anilines is 2. The van der Waals surface area contributed by atoms with E-state index in [-0.39, 0.29) is 12.8 Å². The van der Waals surface area contributed by atoms with Gasteiger partial charge in [0, 0.05) is 43.9 Å². The molecule has 2 aromatic heterocycles. The third-order valence-electron chi connectivity index (χ3n) is 7.07. The molecule has 2 aromatic carbocycles. The predicted octanol–water partition coefficient (Wildman–Crippen LogP) is 6.93. The van der Waals surface area contributed by atoms with E-state index in [1.54, 1.807) is 0 Å². The molecule has 7 nitrogen and oxygen atoms in total. The molecule has 2 aliphatic rings. The molecule has 0 bridgehead atoms. The lowest BCUT2D eigenvalue weighted by molar-refractivity contribution is -0.0469. The predicted molar refractivity (Wildman–Crippen MR) is 136 cm³/mol. The van der Waals surface area contributed by atoms with Crippen molar-refractivity contribution < 1.29 is 13.5 Å². The average molecular weight is 491 g/mol. The van der Waals surface area contributed by atoms with Crippen LogP contribution in [-0.4, -0.2) is 38.4 Å². The number of benzene rings is 2. The molecule has 1 fully saturated rings. The van der Waals surface area contributed by atoms with E-state index in [9.17, 15) is 8.78 Å². The number of fused-ring (bicyclic) bond motifs is 2. The van der Waals surface area contributed by atoms with Gasteiger partial charge in [-0.05, 0) is 56.4 Å². The molecule has 1 N–H and O–H groups in total. The van der Waals surface area contributed by atoms with Gasteiger partial charge in [0.15, 0.2) is 0 Å². The van der Waals surface area contributed by atoms with Crippen LogP contribution in [0.2, 0.25) is 0 Å². The van der Waals surface area contributed by atoms with E-state index in [4.69, 9.17) is 4.74 Å². The largest absolute Gasteiger partial charge is 0.457 e. The normalized spacial score (nSPS) is 17.5. The first-order chi connectivity index (χ1) is 17.4. The van der Waals surface area contributed by atoms with E-state index in [0.717, 1.165) is 52.6 Å². The van der Waals surface area contributed by atoms with Gasteiger partial charge in [0.25, 0.3) is 0 Å². The van der Waals surface area contributed by atoms with Crippen molar-refractivity contribution in [1.82, 2.24) is 19.7 Å². The number of alkyl halides is 2. The van der Waals surface area contributed by atoms with Gasteiger partial charge in [-0.1, -0.05) is 0 Å². The maximum Gasteiger partial charge on any atom is 0.248 e. The topological polar surface area (TPSA) is 71.3 Å². The van der Waals surface area contributed by atoms with Gasteiger partial charge in [-0.3, -0.25) is 9.67 Å². The second-order valence-corrected chi connectivity index (χ2v) is 9.73. The summed E-state index contributed by atoms with van der Waals surface area (Å²) in [7, 11) is 0. The molecule has 4 aromatic rings. The number of nitrogens with one attached hydrogen (secondary N) is 1. The Labute approximate surface area is 207 Å². The number of H-pyrrole nitrogens is 1. The molecule has 36 heavy (non-hydrogen) atoms. The second-order valence-electron chi connectivity index (χ2n) is 9.73. The molecule has 186 valence electrons. The molecule has 6 rings (SSSR count). The Morgan fingerprint density at radius 1 is 1.11 bits per heavy atom. The zero-order valence-electron chi connectivity index (χ0n) is 20.1. The summed E-state index contributed by atoms with van der Waals surface area (Å²) < 4.78 is 35.0. The molecule has 3 heterocycles. The number of hydrogen-bond acceptors (Lipinski definition) is 5. The standard InChI is InChI=1S/C27H28F2N6O/c1-18-32-23-4-2-21(14-25(23)33-18)36-22-3-5-24-26(15-22)35(13-11-30-24)20-16-31-34(17-20)12-8-19-6-9-27(28,29)10-7-19/h2-5,11,14-17,19H,6-10,12-13H2,1H3,(H,32,33). The Kier molecular flexibility index (Phi) is 5.70. The van der Waals surface area contributed by atoms with E-state index in [1.807, 2.05) is 66.6 Å². The first kappa shape index (κ1) is 22.7. The summed E-state index contributed by atoms with van der Waals surface area (Å²) in [6.45, 7) is 3.28. The van der Waals surface area contributed by atoms with Crippen molar-refractivity contribution in [3.63, 3.8) is 0 Å². The molecular formula is C27H28F2N6O. The van der Waals surface area contributed by atoms with E-state index in [1.165, 1.54) is 0 Å². The first-order valence-electron chi connectivity index (χ1n) is 12.4. The molecule has 9 heteroatoms. The number of ether oxygens (including phenoxy) is 1. The van der Waals surface area contributed by atoms with Crippen molar-refractivity contribution in [2.24, 2.45) is 10.9 Å². The summed E-state index contributed by atoms with van der Waals surface area (Å²) in [4.78, 5) is 14.4. The van der Waals surface area contributed by atoms with E-state index >= 15 is 0 Å². The molecule has 0 spiro atoms. The van der Waals surface area contributed by atoms with Crippen molar-refractivity contribution in [1.29, 1.82) is 0 Å². The molecule has 0 radical (unpaired) electrons. The van der Waals surface area contributed by atoms with E-state index < -0.39 is 5.92 Å². The molecular weight excluding hydrogens is 462 g/mol. The summed E-state index contributed by atoms with van der Waals surface area (Å²) in [6.07, 6.45) is 7.81. The fourth-order valence-electron chi connectivity index (χ4n) is 5.09. The summed E-state index contributed by atoms with van der Waals surface area (Å²) in [5, 5.41) is 4.54. The number of aromatic nitrogens is 4. The molecule has 0 amide bonds. The average Bonchev–Trinajstić information content (AvgIpc) is 3.48. The van der Waals surface area contributed by atoms with Crippen LogP contribution in [0.4, 0.5) is 25.8 Å². The second kappa shape index (κ2) is 9.04. The van der Waals surface area contributed by atoms with Gasteiger partial charge < -0.3 is 14.6 Å². The van der Waals surface area contributed by atoms with Crippen LogP contribution in [0.5, 0.6) is 11.5 Å². The van der Waals surface area contributed by atoms with Gasteiger partial charge in [0.2, 0.25) is 5.92 Å². The Morgan fingerprint density at radius 3 is 2.78 bits per heavy atom. The van der Waals surface area contributed by atoms with Crippen molar-refractivity contribution in [2.75, 3.05) is 11.4 Å². The van der Waals surface area contributed by atoms with Gasteiger partial charge in [0.1, 0.15) is 17.3 Å². The van der Waals surface area contributed by atoms with Gasteiger partial charge in [-0.25, -0.2) is 13.8 Å². The highest BCUT2D eigenvalue weighted by molar-refractivity contribution is 5.87. The van der Waals surface area contributed by atoms with Gasteiger partial charge in [-0.15, -0.1) is 0 Å². The molecule has 1 aliphatic heterocycles. The van der Waals surface area contributed by atoms with Crippen LogP contribution in [0, 0.1) is 12.8 Å². The van der Waals surface area contributed by atoms with E-state index in [0.29, 0.717) is 31.1 Å². The van der Waals surface area contributed by atoms with Crippen LogP contribution in [-0.2, 0) is 6.54 Å². The number of nitrogens with zero attached hydrogens (tertiary/aromatic N) is 5. The zero-order chi connectivity index (χ0) is 24.7. The lowest BCUT2D eigenvalue weighted by Crippen LogP contribution is -2.25. The highest BCUT2D eigenvalue weighted by Gasteiger charge is 2.34. The van der Waals surface area contributed by atoms with E-state index in [2.05, 4.69) is 25.0 Å². The zero-order valence-corrected chi connectivity index (χ0v) is 20.1. The minimum Gasteiger partial charge on any atom is -0.457 e. The summed E-state index contributed by atoms with van der Waals surface area (Å²) in [5.41, 5.74) is 4.61. The van der Waals surface area contributed by atoms with Gasteiger partial charge in [0.05, 0.1) is 40.8 Å². The highest BCUT2D eigenvalue weighted by Crippen LogP contribution is 2.40. The molecule has 0 atom stereocenters. The monoisotopic (exact) mass is 490 g/mol. The smallest absolute Gasteiger partial charge is 0.248 e. The highest BCUT2D eigenvalue weighted by atomic mass is 19.3. The van der Waals surface area contributed by atoms with Crippen LogP contribution >= 0.6 is 0 Å². The molecule has 1 aliphatic carbocycles. The minimum atomic E-state index is -2.48. The minimum absolute atomic E-state index is 0.00567. The SMILES string of the molecule is Cc1nc2ccc(Oc3ccc4c(c3)N(c3cnn(CCC5CCC(F)(F)CC5)c3)CC=N4)cc2[nH]1. The fourth-order valence-corrected chi connectivity index (χ4v) is 5.09. The Bertz CT molecular complexity index is 1410. The fraction of sp³-hybridized carbons (Fsp3) is 0.370.